The van der Waals surface area contributed by atoms with Crippen LogP contribution in [0.4, 0.5) is 5.69 Å². The highest BCUT2D eigenvalue weighted by atomic mass is 16.5. The van der Waals surface area contributed by atoms with Crippen LogP contribution in [0.2, 0.25) is 0 Å². The summed E-state index contributed by atoms with van der Waals surface area (Å²) >= 11 is 0. The van der Waals surface area contributed by atoms with E-state index in [0.29, 0.717) is 37.0 Å². The zero-order chi connectivity index (χ0) is 23.4. The number of aromatic nitrogens is 6. The summed E-state index contributed by atoms with van der Waals surface area (Å²) in [4.78, 5) is 35.7. The van der Waals surface area contributed by atoms with Crippen molar-refractivity contribution in [3.63, 3.8) is 0 Å². The van der Waals surface area contributed by atoms with Gasteiger partial charge in [-0.1, -0.05) is 6.07 Å². The Balaban J connectivity index is 1.48. The molecular formula is C25H25N7O2. The average Bonchev–Trinajstić information content (AvgIpc) is 3.31. The van der Waals surface area contributed by atoms with E-state index >= 15 is 0 Å². The molecule has 34 heavy (non-hydrogen) atoms. The van der Waals surface area contributed by atoms with Gasteiger partial charge in [0.25, 0.3) is 0 Å². The summed E-state index contributed by atoms with van der Waals surface area (Å²) in [6.07, 6.45) is 5.90. The van der Waals surface area contributed by atoms with Crippen molar-refractivity contribution in [1.82, 2.24) is 29.5 Å². The van der Waals surface area contributed by atoms with Gasteiger partial charge in [-0.3, -0.25) is 4.79 Å². The van der Waals surface area contributed by atoms with Gasteiger partial charge in [-0.05, 0) is 44.9 Å². The van der Waals surface area contributed by atoms with Crippen LogP contribution >= 0.6 is 0 Å². The number of benzene rings is 1. The Bertz CT molecular complexity index is 1430. The number of hydrogen-bond donors (Lipinski definition) is 1. The summed E-state index contributed by atoms with van der Waals surface area (Å²) in [7, 11) is 0. The Hall–Kier alpha value is -3.72. The second-order valence-corrected chi connectivity index (χ2v) is 9.25. The van der Waals surface area contributed by atoms with Crippen LogP contribution in [-0.2, 0) is 21.5 Å². The van der Waals surface area contributed by atoms with Crippen molar-refractivity contribution in [2.24, 2.45) is 5.92 Å². The summed E-state index contributed by atoms with van der Waals surface area (Å²) in [5.74, 6) is 1.90. The van der Waals surface area contributed by atoms with Gasteiger partial charge >= 0.3 is 0 Å². The van der Waals surface area contributed by atoms with E-state index in [0.717, 1.165) is 46.0 Å². The van der Waals surface area contributed by atoms with E-state index in [1.165, 1.54) is 0 Å². The summed E-state index contributed by atoms with van der Waals surface area (Å²) in [6, 6.07) is 6.03. The zero-order valence-electron chi connectivity index (χ0n) is 19.4. The Morgan fingerprint density at radius 3 is 2.65 bits per heavy atom. The minimum absolute atomic E-state index is 0.0382. The fraction of sp³-hybridized carbons (Fsp3) is 0.360. The fourth-order valence-corrected chi connectivity index (χ4v) is 5.00. The molecular weight excluding hydrogens is 430 g/mol. The maximum atomic E-state index is 13.0. The van der Waals surface area contributed by atoms with Crippen LogP contribution < -0.4 is 5.32 Å². The van der Waals surface area contributed by atoms with Gasteiger partial charge < -0.3 is 14.6 Å². The number of aryl methyl sites for hydroxylation is 2. The first-order chi connectivity index (χ1) is 16.5. The van der Waals surface area contributed by atoms with Gasteiger partial charge in [0.1, 0.15) is 29.2 Å². The number of fused-ring (bicyclic) bond motifs is 2. The molecule has 0 aliphatic carbocycles. The van der Waals surface area contributed by atoms with Gasteiger partial charge in [-0.15, -0.1) is 0 Å². The van der Waals surface area contributed by atoms with Gasteiger partial charge in [0.2, 0.25) is 5.91 Å². The Morgan fingerprint density at radius 2 is 1.94 bits per heavy atom. The van der Waals surface area contributed by atoms with Crippen molar-refractivity contribution in [2.75, 3.05) is 18.5 Å². The number of amides is 1. The Morgan fingerprint density at radius 1 is 1.15 bits per heavy atom. The number of rotatable bonds is 5. The van der Waals surface area contributed by atoms with E-state index in [1.54, 1.807) is 18.7 Å². The molecule has 0 saturated carbocycles. The third-order valence-corrected chi connectivity index (χ3v) is 6.93. The van der Waals surface area contributed by atoms with Crippen LogP contribution in [0.5, 0.6) is 0 Å². The second kappa shape index (κ2) is 7.66. The lowest BCUT2D eigenvalue weighted by atomic mass is 9.75. The molecule has 1 fully saturated rings. The minimum atomic E-state index is -0.598. The predicted molar refractivity (Wildman–Crippen MR) is 127 cm³/mol. The molecule has 9 nitrogen and oxygen atoms in total. The zero-order valence-corrected chi connectivity index (χ0v) is 19.4. The van der Waals surface area contributed by atoms with Crippen LogP contribution in [0.1, 0.15) is 31.7 Å². The molecule has 1 aromatic carbocycles. The van der Waals surface area contributed by atoms with Crippen LogP contribution in [0, 0.1) is 12.8 Å². The molecule has 0 unspecified atom stereocenters. The molecule has 1 amide bonds. The number of carbonyl (C=O) groups is 1. The molecule has 0 spiro atoms. The predicted octanol–water partition coefficient (Wildman–Crippen LogP) is 3.52. The monoisotopic (exact) mass is 455 g/mol. The van der Waals surface area contributed by atoms with Gasteiger partial charge in [-0.25, -0.2) is 24.9 Å². The van der Waals surface area contributed by atoms with Crippen molar-refractivity contribution in [3.05, 3.63) is 48.3 Å². The standard InChI is InChI=1S/C25H25N7O2/c1-4-32-22(17-9-26-14(2)27-10-17)31-21-20(28-13-29-23(21)32)16-5-6-19-18(7-16)25(3,24(33)30-19)8-15-11-34-12-15/h5-7,9-10,13,15H,4,8,11-12H2,1-3H3,(H,30,33)/t25-/m0/s1. The molecule has 1 saturated heterocycles. The lowest BCUT2D eigenvalue weighted by Gasteiger charge is -2.33. The van der Waals surface area contributed by atoms with E-state index in [-0.39, 0.29) is 5.91 Å². The maximum absolute atomic E-state index is 13.0. The van der Waals surface area contributed by atoms with E-state index in [1.807, 2.05) is 30.5 Å². The topological polar surface area (TPSA) is 108 Å². The third kappa shape index (κ3) is 3.11. The molecule has 2 aliphatic rings. The lowest BCUT2D eigenvalue weighted by molar-refractivity contribution is -0.122. The van der Waals surface area contributed by atoms with Crippen molar-refractivity contribution in [1.29, 1.82) is 0 Å². The fourth-order valence-electron chi connectivity index (χ4n) is 5.00. The summed E-state index contributed by atoms with van der Waals surface area (Å²) < 4.78 is 7.40. The van der Waals surface area contributed by atoms with Crippen molar-refractivity contribution >= 4 is 22.8 Å². The smallest absolute Gasteiger partial charge is 0.234 e. The molecule has 4 aromatic rings. The van der Waals surface area contributed by atoms with E-state index in [4.69, 9.17) is 9.72 Å². The molecule has 0 radical (unpaired) electrons. The second-order valence-electron chi connectivity index (χ2n) is 9.25. The maximum Gasteiger partial charge on any atom is 0.234 e. The lowest BCUT2D eigenvalue weighted by Crippen LogP contribution is -2.39. The largest absolute Gasteiger partial charge is 0.381 e. The minimum Gasteiger partial charge on any atom is -0.381 e. The summed E-state index contributed by atoms with van der Waals surface area (Å²) in [6.45, 7) is 8.06. The third-order valence-electron chi connectivity index (χ3n) is 6.93. The Labute approximate surface area is 196 Å². The van der Waals surface area contributed by atoms with Gasteiger partial charge in [0.05, 0.1) is 24.2 Å². The SMILES string of the molecule is CCn1c(-c2cnc(C)nc2)nc2c(-c3ccc4c(c3)[C@](C)(CC3COC3)C(=O)N4)ncnc21. The molecule has 1 N–H and O–H groups in total. The number of imidazole rings is 1. The van der Waals surface area contributed by atoms with Gasteiger partial charge in [0.15, 0.2) is 5.65 Å². The molecule has 5 heterocycles. The first-order valence-electron chi connectivity index (χ1n) is 11.5. The normalized spacial score (nSPS) is 19.8. The summed E-state index contributed by atoms with van der Waals surface area (Å²) in [5.41, 5.74) is 5.20. The molecule has 6 rings (SSSR count). The van der Waals surface area contributed by atoms with E-state index < -0.39 is 5.41 Å². The molecule has 0 bridgehead atoms. The van der Waals surface area contributed by atoms with Crippen molar-refractivity contribution < 1.29 is 9.53 Å². The highest BCUT2D eigenvalue weighted by molar-refractivity contribution is 6.06. The number of ether oxygens (including phenoxy) is 1. The molecule has 3 aromatic heterocycles. The average molecular weight is 456 g/mol. The molecule has 9 heteroatoms. The number of carbonyl (C=O) groups excluding carboxylic acids is 1. The number of hydrogen-bond acceptors (Lipinski definition) is 7. The summed E-state index contributed by atoms with van der Waals surface area (Å²) in [5, 5.41) is 3.06. The van der Waals surface area contributed by atoms with Crippen LogP contribution in [0.15, 0.2) is 36.9 Å². The van der Waals surface area contributed by atoms with Gasteiger partial charge in [0, 0.05) is 36.1 Å². The van der Waals surface area contributed by atoms with E-state index in [9.17, 15) is 4.79 Å². The highest BCUT2D eigenvalue weighted by Gasteiger charge is 2.45. The highest BCUT2D eigenvalue weighted by Crippen LogP contribution is 2.45. The van der Waals surface area contributed by atoms with Gasteiger partial charge in [-0.2, -0.15) is 0 Å². The Kier molecular flexibility index (Phi) is 4.70. The quantitative estimate of drug-likeness (QED) is 0.490. The van der Waals surface area contributed by atoms with Crippen molar-refractivity contribution in [2.45, 2.75) is 39.2 Å². The number of nitrogens with zero attached hydrogens (tertiary/aromatic N) is 6. The van der Waals surface area contributed by atoms with Crippen LogP contribution in [0.25, 0.3) is 33.8 Å². The van der Waals surface area contributed by atoms with Crippen LogP contribution in [0.3, 0.4) is 0 Å². The number of nitrogens with one attached hydrogen (secondary N) is 1. The number of anilines is 1. The van der Waals surface area contributed by atoms with Crippen molar-refractivity contribution in [3.8, 4) is 22.6 Å². The first kappa shape index (κ1) is 20.9. The van der Waals surface area contributed by atoms with Crippen LogP contribution in [-0.4, -0.2) is 48.6 Å². The molecule has 1 atom stereocenters. The molecule has 2 aliphatic heterocycles. The first-order valence-corrected chi connectivity index (χ1v) is 11.5. The molecule has 172 valence electrons. The van der Waals surface area contributed by atoms with E-state index in [2.05, 4.69) is 38.2 Å².